The van der Waals surface area contributed by atoms with Crippen molar-refractivity contribution < 1.29 is 9.53 Å². The Morgan fingerprint density at radius 3 is 2.45 bits per heavy atom. The largest absolute Gasteiger partial charge is 0.459 e. The van der Waals surface area contributed by atoms with E-state index in [-0.39, 0.29) is 6.10 Å². The fourth-order valence-electron chi connectivity index (χ4n) is 3.53. The second-order valence-corrected chi connectivity index (χ2v) is 9.86. The zero-order valence-electron chi connectivity index (χ0n) is 18.1. The molecule has 0 fully saturated rings. The lowest BCUT2D eigenvalue weighted by Crippen LogP contribution is -2.31. The normalized spacial score (nSPS) is 15.4. The first-order valence-electron chi connectivity index (χ1n) is 10.2. The second-order valence-electron chi connectivity index (χ2n) is 7.70. The van der Waals surface area contributed by atoms with E-state index in [4.69, 9.17) is 39.5 Å². The molecule has 2 heterocycles. The Morgan fingerprint density at radius 2 is 1.79 bits per heavy atom. The molecule has 0 saturated heterocycles. The van der Waals surface area contributed by atoms with Crippen molar-refractivity contribution in [3.05, 3.63) is 79.9 Å². The maximum atomic E-state index is 13.1. The van der Waals surface area contributed by atoms with Crippen molar-refractivity contribution in [3.8, 4) is 0 Å². The number of anilines is 1. The lowest BCUT2D eigenvalue weighted by atomic mass is 9.95. The van der Waals surface area contributed by atoms with Gasteiger partial charge in [0, 0.05) is 32.1 Å². The fraction of sp³-hybridized carbons (Fsp3) is 0.261. The Labute approximate surface area is 211 Å². The van der Waals surface area contributed by atoms with E-state index >= 15 is 0 Å². The smallest absolute Gasteiger partial charge is 0.338 e. The molecule has 1 unspecified atom stereocenters. The Balaban J connectivity index is 1.76. The van der Waals surface area contributed by atoms with Crippen LogP contribution in [0.1, 0.15) is 37.9 Å². The number of hydrogen-bond acceptors (Lipinski definition) is 6. The van der Waals surface area contributed by atoms with Crippen LogP contribution in [-0.4, -0.2) is 26.8 Å². The van der Waals surface area contributed by atoms with Gasteiger partial charge in [-0.2, -0.15) is 4.98 Å². The molecule has 4 rings (SSSR count). The number of aromatic nitrogens is 3. The van der Waals surface area contributed by atoms with E-state index in [1.165, 1.54) is 11.8 Å². The van der Waals surface area contributed by atoms with Crippen molar-refractivity contribution in [2.45, 2.75) is 43.8 Å². The fourth-order valence-corrected chi connectivity index (χ4v) is 5.25. The van der Waals surface area contributed by atoms with Gasteiger partial charge in [0.05, 0.1) is 11.7 Å². The van der Waals surface area contributed by atoms with Gasteiger partial charge < -0.3 is 10.1 Å². The highest BCUT2D eigenvalue weighted by Gasteiger charge is 2.37. The molecule has 1 aliphatic heterocycles. The minimum atomic E-state index is -0.698. The topological polar surface area (TPSA) is 69.0 Å². The summed E-state index contributed by atoms with van der Waals surface area (Å²) in [6.45, 7) is 5.39. The molecule has 1 aromatic heterocycles. The van der Waals surface area contributed by atoms with E-state index in [1.807, 2.05) is 24.3 Å². The van der Waals surface area contributed by atoms with Crippen LogP contribution >= 0.6 is 46.6 Å². The molecule has 0 amide bonds. The van der Waals surface area contributed by atoms with E-state index in [0.29, 0.717) is 48.8 Å². The molecule has 10 heteroatoms. The number of ether oxygens (including phenoxy) is 1. The molecule has 0 bridgehead atoms. The van der Waals surface area contributed by atoms with Gasteiger partial charge in [-0.25, -0.2) is 9.48 Å². The Hall–Kier alpha value is -2.19. The molecule has 2 aromatic carbocycles. The molecule has 6 nitrogen and oxygen atoms in total. The summed E-state index contributed by atoms with van der Waals surface area (Å²) in [6.07, 6.45) is -0.293. The van der Waals surface area contributed by atoms with Gasteiger partial charge in [-0.15, -0.1) is 5.10 Å². The molecule has 0 radical (unpaired) electrons. The first-order valence-corrected chi connectivity index (χ1v) is 12.3. The number of halogens is 3. The zero-order chi connectivity index (χ0) is 23.7. The summed E-state index contributed by atoms with van der Waals surface area (Å²) >= 11 is 20.8. The number of carbonyl (C=O) groups is 1. The predicted molar refractivity (Wildman–Crippen MR) is 133 cm³/mol. The van der Waals surface area contributed by atoms with Gasteiger partial charge in [0.1, 0.15) is 6.04 Å². The van der Waals surface area contributed by atoms with Gasteiger partial charge >= 0.3 is 5.97 Å². The van der Waals surface area contributed by atoms with Crippen LogP contribution in [0.4, 0.5) is 5.95 Å². The van der Waals surface area contributed by atoms with Crippen molar-refractivity contribution in [1.82, 2.24) is 14.8 Å². The Bertz CT molecular complexity index is 1220. The third-order valence-corrected chi connectivity index (χ3v) is 6.90. The summed E-state index contributed by atoms with van der Waals surface area (Å²) in [6, 6.07) is 12.1. The highest BCUT2D eigenvalue weighted by Crippen LogP contribution is 2.42. The van der Waals surface area contributed by atoms with Gasteiger partial charge in [-0.1, -0.05) is 70.8 Å². The molecule has 1 N–H and O–H groups in total. The molecule has 0 aliphatic carbocycles. The Morgan fingerprint density at radius 1 is 1.12 bits per heavy atom. The molecule has 1 aliphatic rings. The number of hydrogen-bond donors (Lipinski definition) is 1. The van der Waals surface area contributed by atoms with Crippen LogP contribution in [0.2, 0.25) is 15.1 Å². The maximum absolute atomic E-state index is 13.1. The summed E-state index contributed by atoms with van der Waals surface area (Å²) in [4.78, 5) is 17.7. The number of allylic oxidation sites excluding steroid dienone is 1. The van der Waals surface area contributed by atoms with Gasteiger partial charge in [-0.05, 0) is 44.5 Å². The summed E-state index contributed by atoms with van der Waals surface area (Å²) in [5.74, 6) is 0.605. The molecule has 3 aromatic rings. The van der Waals surface area contributed by atoms with Crippen LogP contribution in [-0.2, 0) is 15.3 Å². The predicted octanol–water partition coefficient (Wildman–Crippen LogP) is 6.77. The number of nitrogens with zero attached hydrogens (tertiary/aromatic N) is 3. The first kappa shape index (κ1) is 24.0. The maximum Gasteiger partial charge on any atom is 0.338 e. The van der Waals surface area contributed by atoms with Crippen molar-refractivity contribution >= 4 is 58.5 Å². The van der Waals surface area contributed by atoms with Crippen LogP contribution < -0.4 is 5.32 Å². The minimum Gasteiger partial charge on any atom is -0.459 e. The highest BCUT2D eigenvalue weighted by molar-refractivity contribution is 7.98. The highest BCUT2D eigenvalue weighted by atomic mass is 35.5. The third kappa shape index (κ3) is 5.01. The molecular formula is C23H21Cl3N4O2S. The van der Waals surface area contributed by atoms with Crippen molar-refractivity contribution in [1.29, 1.82) is 0 Å². The summed E-state index contributed by atoms with van der Waals surface area (Å²) in [5, 5.41) is 9.91. The number of carbonyl (C=O) groups excluding carboxylic acids is 1. The number of esters is 1. The summed E-state index contributed by atoms with van der Waals surface area (Å²) in [7, 11) is 0. The van der Waals surface area contributed by atoms with Gasteiger partial charge in [0.15, 0.2) is 0 Å². The van der Waals surface area contributed by atoms with E-state index in [9.17, 15) is 4.79 Å². The van der Waals surface area contributed by atoms with E-state index < -0.39 is 12.0 Å². The molecule has 0 spiro atoms. The quantitative estimate of drug-likeness (QED) is 0.284. The van der Waals surface area contributed by atoms with Crippen molar-refractivity contribution in [3.63, 3.8) is 0 Å². The molecule has 0 saturated carbocycles. The second kappa shape index (κ2) is 9.97. The minimum absolute atomic E-state index is 0.293. The number of benzene rings is 2. The lowest BCUT2D eigenvalue weighted by molar-refractivity contribution is -0.143. The molecular weight excluding hydrogens is 503 g/mol. The van der Waals surface area contributed by atoms with Crippen LogP contribution in [0.3, 0.4) is 0 Å². The number of thioether (sulfide) groups is 1. The van der Waals surface area contributed by atoms with Crippen LogP contribution in [0, 0.1) is 0 Å². The standard InChI is InChI=1S/C23H21Cl3N4O2S/c1-12(2)32-21(31)18-13(3)27-22-28-23(33-11-14-7-4-5-8-15(14)24)29-30(22)20(18)19-16(25)9-6-10-17(19)26/h4-10,12,20H,11H2,1-3H3,(H,27,28,29). The summed E-state index contributed by atoms with van der Waals surface area (Å²) < 4.78 is 7.16. The SMILES string of the molecule is CC1=C(C(=O)OC(C)C)C(c2c(Cl)cccc2Cl)n2nc(SCc3ccccc3Cl)nc2N1. The van der Waals surface area contributed by atoms with Gasteiger partial charge in [0.2, 0.25) is 11.1 Å². The lowest BCUT2D eigenvalue weighted by Gasteiger charge is -2.29. The van der Waals surface area contributed by atoms with E-state index in [0.717, 1.165) is 5.56 Å². The monoisotopic (exact) mass is 522 g/mol. The van der Waals surface area contributed by atoms with Crippen LogP contribution in [0.25, 0.3) is 0 Å². The van der Waals surface area contributed by atoms with Gasteiger partial charge in [0.25, 0.3) is 0 Å². The zero-order valence-corrected chi connectivity index (χ0v) is 21.2. The Kier molecular flexibility index (Phi) is 7.24. The number of rotatable bonds is 6. The molecule has 172 valence electrons. The van der Waals surface area contributed by atoms with Gasteiger partial charge in [-0.3, -0.25) is 0 Å². The third-order valence-electron chi connectivity index (χ3n) is 4.98. The molecule has 1 atom stereocenters. The molecule has 33 heavy (non-hydrogen) atoms. The summed E-state index contributed by atoms with van der Waals surface area (Å²) in [5.41, 5.74) is 2.51. The average Bonchev–Trinajstić information content (AvgIpc) is 3.14. The van der Waals surface area contributed by atoms with Crippen molar-refractivity contribution in [2.24, 2.45) is 0 Å². The van der Waals surface area contributed by atoms with Crippen LogP contribution in [0.5, 0.6) is 0 Å². The van der Waals surface area contributed by atoms with E-state index in [1.54, 1.807) is 43.7 Å². The first-order chi connectivity index (χ1) is 15.8. The van der Waals surface area contributed by atoms with E-state index in [2.05, 4.69) is 15.4 Å². The van der Waals surface area contributed by atoms with Crippen molar-refractivity contribution in [2.75, 3.05) is 5.32 Å². The average molecular weight is 524 g/mol. The number of fused-ring (bicyclic) bond motifs is 1. The number of nitrogens with one attached hydrogen (secondary N) is 1. The van der Waals surface area contributed by atoms with Crippen LogP contribution in [0.15, 0.2) is 58.9 Å².